The Morgan fingerprint density at radius 3 is 2.48 bits per heavy atom. The normalized spacial score (nSPS) is 23.0. The van der Waals surface area contributed by atoms with E-state index in [9.17, 15) is 9.59 Å². The minimum Gasteiger partial charge on any atom is -0.355 e. The quantitative estimate of drug-likeness (QED) is 0.717. The first-order chi connectivity index (χ1) is 9.75. The van der Waals surface area contributed by atoms with Gasteiger partial charge in [0, 0.05) is 25.6 Å². The maximum atomic E-state index is 11.9. The van der Waals surface area contributed by atoms with E-state index in [0.29, 0.717) is 19.0 Å². The van der Waals surface area contributed by atoms with Crippen molar-refractivity contribution in [3.05, 3.63) is 0 Å². The summed E-state index contributed by atoms with van der Waals surface area (Å²) < 4.78 is 0. The molecular weight excluding hydrogens is 290 g/mol. The summed E-state index contributed by atoms with van der Waals surface area (Å²) in [5, 5.41) is 9.18. The average Bonchev–Trinajstić information content (AvgIpc) is 2.49. The van der Waals surface area contributed by atoms with E-state index in [4.69, 9.17) is 0 Å². The zero-order chi connectivity index (χ0) is 14.2. The molecule has 0 radical (unpaired) electrons. The van der Waals surface area contributed by atoms with Crippen LogP contribution in [0.15, 0.2) is 0 Å². The standard InChI is InChI=1S/C15H27N3O2.ClH/c19-14(18-13-6-2-1-3-7-13)8-10-17-15(20)12-5-4-9-16-11-12;/h12-13,16H,1-11H2,(H,17,20)(H,18,19);1H. The number of amides is 2. The molecule has 1 atom stereocenters. The highest BCUT2D eigenvalue weighted by atomic mass is 35.5. The first-order valence-corrected chi connectivity index (χ1v) is 8.03. The SMILES string of the molecule is Cl.O=C(CCNC(=O)C1CCCNC1)NC1CCCCC1. The van der Waals surface area contributed by atoms with Crippen LogP contribution in [0.4, 0.5) is 0 Å². The monoisotopic (exact) mass is 317 g/mol. The van der Waals surface area contributed by atoms with Crippen LogP contribution in [0, 0.1) is 5.92 Å². The molecule has 6 heteroatoms. The Kier molecular flexibility index (Phi) is 8.69. The fraction of sp³-hybridized carbons (Fsp3) is 0.867. The summed E-state index contributed by atoms with van der Waals surface area (Å²) in [6, 6.07) is 0.356. The highest BCUT2D eigenvalue weighted by molar-refractivity contribution is 5.85. The van der Waals surface area contributed by atoms with Gasteiger partial charge in [-0.1, -0.05) is 19.3 Å². The Morgan fingerprint density at radius 2 is 1.81 bits per heavy atom. The molecular formula is C15H28ClN3O2. The van der Waals surface area contributed by atoms with Crippen molar-refractivity contribution in [3.8, 4) is 0 Å². The third-order valence-corrected chi connectivity index (χ3v) is 4.29. The third-order valence-electron chi connectivity index (χ3n) is 4.29. The molecule has 2 rings (SSSR count). The first-order valence-electron chi connectivity index (χ1n) is 8.03. The number of halogens is 1. The minimum atomic E-state index is 0. The van der Waals surface area contributed by atoms with Crippen LogP contribution in [-0.2, 0) is 9.59 Å². The highest BCUT2D eigenvalue weighted by Crippen LogP contribution is 2.17. The van der Waals surface area contributed by atoms with E-state index >= 15 is 0 Å². The third kappa shape index (κ3) is 6.66. The van der Waals surface area contributed by atoms with Crippen molar-refractivity contribution in [2.45, 2.75) is 57.4 Å². The van der Waals surface area contributed by atoms with Gasteiger partial charge < -0.3 is 16.0 Å². The largest absolute Gasteiger partial charge is 0.355 e. The predicted molar refractivity (Wildman–Crippen MR) is 85.5 cm³/mol. The average molecular weight is 318 g/mol. The number of piperidine rings is 1. The molecule has 122 valence electrons. The van der Waals surface area contributed by atoms with Gasteiger partial charge in [0.15, 0.2) is 0 Å². The van der Waals surface area contributed by atoms with Gasteiger partial charge in [-0.15, -0.1) is 12.4 Å². The maximum absolute atomic E-state index is 11.9. The number of carbonyl (C=O) groups excluding carboxylic acids is 2. The van der Waals surface area contributed by atoms with Gasteiger partial charge in [0.25, 0.3) is 0 Å². The molecule has 0 aromatic heterocycles. The topological polar surface area (TPSA) is 70.2 Å². The fourth-order valence-corrected chi connectivity index (χ4v) is 3.07. The van der Waals surface area contributed by atoms with Gasteiger partial charge >= 0.3 is 0 Å². The second kappa shape index (κ2) is 10.0. The molecule has 2 aliphatic rings. The van der Waals surface area contributed by atoms with E-state index < -0.39 is 0 Å². The summed E-state index contributed by atoms with van der Waals surface area (Å²) in [5.41, 5.74) is 0. The van der Waals surface area contributed by atoms with Crippen molar-refractivity contribution in [1.29, 1.82) is 0 Å². The predicted octanol–water partition coefficient (Wildman–Crippen LogP) is 1.36. The molecule has 1 heterocycles. The van der Waals surface area contributed by atoms with Crippen molar-refractivity contribution in [2.75, 3.05) is 19.6 Å². The summed E-state index contributed by atoms with van der Waals surface area (Å²) in [6.07, 6.45) is 8.33. The lowest BCUT2D eigenvalue weighted by Crippen LogP contribution is -2.42. The van der Waals surface area contributed by atoms with Crippen molar-refractivity contribution >= 4 is 24.2 Å². The lowest BCUT2D eigenvalue weighted by molar-refractivity contribution is -0.125. The molecule has 0 bridgehead atoms. The molecule has 2 amide bonds. The zero-order valence-electron chi connectivity index (χ0n) is 12.7. The van der Waals surface area contributed by atoms with Crippen molar-refractivity contribution in [2.24, 2.45) is 5.92 Å². The zero-order valence-corrected chi connectivity index (χ0v) is 13.5. The van der Waals surface area contributed by atoms with E-state index in [0.717, 1.165) is 38.8 Å². The van der Waals surface area contributed by atoms with Crippen LogP contribution in [0.25, 0.3) is 0 Å². The molecule has 1 saturated carbocycles. The lowest BCUT2D eigenvalue weighted by atomic mass is 9.95. The van der Waals surface area contributed by atoms with Crippen LogP contribution in [0.5, 0.6) is 0 Å². The van der Waals surface area contributed by atoms with Crippen LogP contribution in [0.3, 0.4) is 0 Å². The van der Waals surface area contributed by atoms with Crippen LogP contribution in [0.1, 0.15) is 51.4 Å². The minimum absolute atomic E-state index is 0. The van der Waals surface area contributed by atoms with E-state index in [-0.39, 0.29) is 30.1 Å². The molecule has 0 spiro atoms. The van der Waals surface area contributed by atoms with Gasteiger partial charge in [-0.05, 0) is 32.2 Å². The van der Waals surface area contributed by atoms with Gasteiger partial charge in [-0.25, -0.2) is 0 Å². The van der Waals surface area contributed by atoms with Gasteiger partial charge in [0.05, 0.1) is 5.92 Å². The van der Waals surface area contributed by atoms with Gasteiger partial charge in [0.2, 0.25) is 11.8 Å². The number of carbonyl (C=O) groups is 2. The second-order valence-corrected chi connectivity index (χ2v) is 5.99. The van der Waals surface area contributed by atoms with E-state index in [1.807, 2.05) is 0 Å². The number of hydrogen-bond acceptors (Lipinski definition) is 3. The van der Waals surface area contributed by atoms with Crippen molar-refractivity contribution in [3.63, 3.8) is 0 Å². The molecule has 1 aliphatic carbocycles. The molecule has 1 aliphatic heterocycles. The molecule has 0 aromatic rings. The Balaban J connectivity index is 0.00000220. The first kappa shape index (κ1) is 18.2. The Morgan fingerprint density at radius 1 is 1.05 bits per heavy atom. The molecule has 5 nitrogen and oxygen atoms in total. The van der Waals surface area contributed by atoms with Gasteiger partial charge in [-0.3, -0.25) is 9.59 Å². The summed E-state index contributed by atoms with van der Waals surface area (Å²) in [5.74, 6) is 0.229. The Bertz CT molecular complexity index is 327. The van der Waals surface area contributed by atoms with Gasteiger partial charge in [-0.2, -0.15) is 0 Å². The van der Waals surface area contributed by atoms with E-state index in [1.54, 1.807) is 0 Å². The lowest BCUT2D eigenvalue weighted by Gasteiger charge is -2.23. The molecule has 2 fully saturated rings. The van der Waals surface area contributed by atoms with E-state index in [1.165, 1.54) is 19.3 Å². The van der Waals surface area contributed by atoms with Crippen molar-refractivity contribution < 1.29 is 9.59 Å². The number of nitrogens with one attached hydrogen (secondary N) is 3. The van der Waals surface area contributed by atoms with Gasteiger partial charge in [0.1, 0.15) is 0 Å². The smallest absolute Gasteiger partial charge is 0.224 e. The molecule has 0 aromatic carbocycles. The molecule has 1 unspecified atom stereocenters. The van der Waals surface area contributed by atoms with Crippen molar-refractivity contribution in [1.82, 2.24) is 16.0 Å². The molecule has 21 heavy (non-hydrogen) atoms. The van der Waals surface area contributed by atoms with Crippen LogP contribution in [0.2, 0.25) is 0 Å². The maximum Gasteiger partial charge on any atom is 0.224 e. The van der Waals surface area contributed by atoms with Crippen LogP contribution < -0.4 is 16.0 Å². The Hall–Kier alpha value is -0.810. The fourth-order valence-electron chi connectivity index (χ4n) is 3.07. The number of hydrogen-bond donors (Lipinski definition) is 3. The summed E-state index contributed by atoms with van der Waals surface area (Å²) in [6.45, 7) is 2.22. The molecule has 3 N–H and O–H groups in total. The van der Waals surface area contributed by atoms with E-state index in [2.05, 4.69) is 16.0 Å². The Labute approximate surface area is 133 Å². The summed E-state index contributed by atoms with van der Waals surface area (Å²) in [4.78, 5) is 23.7. The summed E-state index contributed by atoms with van der Waals surface area (Å²) in [7, 11) is 0. The summed E-state index contributed by atoms with van der Waals surface area (Å²) >= 11 is 0. The number of rotatable bonds is 5. The van der Waals surface area contributed by atoms with Crippen LogP contribution >= 0.6 is 12.4 Å². The van der Waals surface area contributed by atoms with Crippen LogP contribution in [-0.4, -0.2) is 37.5 Å². The highest BCUT2D eigenvalue weighted by Gasteiger charge is 2.21. The molecule has 1 saturated heterocycles. The second-order valence-electron chi connectivity index (χ2n) is 5.99.